The predicted octanol–water partition coefficient (Wildman–Crippen LogP) is 2.91. The van der Waals surface area contributed by atoms with E-state index in [2.05, 4.69) is 5.32 Å². The average Bonchev–Trinajstić information content (AvgIpc) is 2.35. The molecule has 1 atom stereocenters. The number of carboxylic acids is 1. The molecule has 1 unspecified atom stereocenters. The molecule has 4 heteroatoms. The zero-order valence-corrected chi connectivity index (χ0v) is 10.6. The van der Waals surface area contributed by atoms with Gasteiger partial charge in [-0.3, -0.25) is 9.59 Å². The predicted molar refractivity (Wildman–Crippen MR) is 70.3 cm³/mol. The van der Waals surface area contributed by atoms with Crippen LogP contribution >= 0.6 is 0 Å². The Balaban J connectivity index is 2.44. The second-order valence-electron chi connectivity index (χ2n) is 4.25. The summed E-state index contributed by atoms with van der Waals surface area (Å²) >= 11 is 0. The van der Waals surface area contributed by atoms with Crippen LogP contribution in [0.3, 0.4) is 0 Å². The number of carbonyl (C=O) groups excluding carboxylic acids is 1. The quantitative estimate of drug-likeness (QED) is 0.780. The van der Waals surface area contributed by atoms with Crippen LogP contribution in [0.5, 0.6) is 0 Å². The second-order valence-corrected chi connectivity index (χ2v) is 4.25. The summed E-state index contributed by atoms with van der Waals surface area (Å²) < 4.78 is 0. The summed E-state index contributed by atoms with van der Waals surface area (Å²) in [7, 11) is 0. The number of hydrogen-bond acceptors (Lipinski definition) is 2. The minimum atomic E-state index is -0.812. The van der Waals surface area contributed by atoms with Crippen LogP contribution in [0.25, 0.3) is 0 Å². The third-order valence-electron chi connectivity index (χ3n) is 2.85. The molecular weight excluding hydrogens is 230 g/mol. The highest BCUT2D eigenvalue weighted by atomic mass is 16.4. The van der Waals surface area contributed by atoms with Gasteiger partial charge in [0.05, 0.1) is 0 Å². The highest BCUT2D eigenvalue weighted by Crippen LogP contribution is 2.16. The monoisotopic (exact) mass is 249 g/mol. The first kappa shape index (κ1) is 14.2. The summed E-state index contributed by atoms with van der Waals surface area (Å²) in [6.07, 6.45) is 1.99. The maximum absolute atomic E-state index is 12.0. The fourth-order valence-corrected chi connectivity index (χ4v) is 1.79. The van der Waals surface area contributed by atoms with Gasteiger partial charge in [-0.05, 0) is 31.4 Å². The Morgan fingerprint density at radius 2 is 1.94 bits per heavy atom. The molecule has 1 aromatic carbocycles. The van der Waals surface area contributed by atoms with Gasteiger partial charge in [0.1, 0.15) is 0 Å². The molecule has 0 bridgehead atoms. The van der Waals surface area contributed by atoms with Gasteiger partial charge < -0.3 is 10.4 Å². The van der Waals surface area contributed by atoms with Crippen molar-refractivity contribution in [1.82, 2.24) is 0 Å². The molecule has 1 rings (SSSR count). The summed E-state index contributed by atoms with van der Waals surface area (Å²) in [5, 5.41) is 11.4. The van der Waals surface area contributed by atoms with Gasteiger partial charge in [0, 0.05) is 18.0 Å². The number of para-hydroxylation sites is 1. The van der Waals surface area contributed by atoms with E-state index in [1.165, 1.54) is 0 Å². The fraction of sp³-hybridized carbons (Fsp3) is 0.429. The molecule has 0 aliphatic rings. The second kappa shape index (κ2) is 7.48. The van der Waals surface area contributed by atoms with Crippen molar-refractivity contribution in [1.29, 1.82) is 0 Å². The highest BCUT2D eigenvalue weighted by molar-refractivity contribution is 5.92. The Bertz CT molecular complexity index is 389. The van der Waals surface area contributed by atoms with Crippen molar-refractivity contribution in [2.45, 2.75) is 32.6 Å². The molecular formula is C14H19NO3. The van der Waals surface area contributed by atoms with Gasteiger partial charge in [0.25, 0.3) is 0 Å². The first-order valence-corrected chi connectivity index (χ1v) is 6.21. The fourth-order valence-electron chi connectivity index (χ4n) is 1.79. The summed E-state index contributed by atoms with van der Waals surface area (Å²) in [6.45, 7) is 1.94. The third-order valence-corrected chi connectivity index (χ3v) is 2.85. The third kappa shape index (κ3) is 4.99. The molecule has 0 fully saturated rings. The van der Waals surface area contributed by atoms with Crippen molar-refractivity contribution < 1.29 is 14.7 Å². The molecule has 0 aliphatic carbocycles. The summed E-state index contributed by atoms with van der Waals surface area (Å²) in [6, 6.07) is 9.28. The Morgan fingerprint density at radius 3 is 2.50 bits per heavy atom. The van der Waals surface area contributed by atoms with Crippen LogP contribution in [-0.2, 0) is 9.59 Å². The molecule has 0 aromatic heterocycles. The number of anilines is 1. The lowest BCUT2D eigenvalue weighted by Crippen LogP contribution is -2.22. The number of rotatable bonds is 7. The summed E-state index contributed by atoms with van der Waals surface area (Å²) in [5.41, 5.74) is 0.777. The van der Waals surface area contributed by atoms with Gasteiger partial charge in [0.2, 0.25) is 5.91 Å². The van der Waals surface area contributed by atoms with Crippen LogP contribution in [0.15, 0.2) is 30.3 Å². The van der Waals surface area contributed by atoms with E-state index in [0.717, 1.165) is 12.1 Å². The van der Waals surface area contributed by atoms with Gasteiger partial charge >= 0.3 is 5.97 Å². The Labute approximate surface area is 107 Å². The van der Waals surface area contributed by atoms with E-state index < -0.39 is 5.97 Å². The van der Waals surface area contributed by atoms with Crippen molar-refractivity contribution in [3.05, 3.63) is 30.3 Å². The Morgan fingerprint density at radius 1 is 1.28 bits per heavy atom. The molecule has 0 radical (unpaired) electrons. The first-order chi connectivity index (χ1) is 8.63. The molecule has 2 N–H and O–H groups in total. The largest absolute Gasteiger partial charge is 0.481 e. The zero-order valence-electron chi connectivity index (χ0n) is 10.6. The standard InChI is InChI=1S/C14H19NO3/c1-2-11(7-6-10-13(16)17)14(18)15-12-8-4-3-5-9-12/h3-5,8-9,11H,2,6-7,10H2,1H3,(H,15,18)(H,16,17). The smallest absolute Gasteiger partial charge is 0.303 e. The molecule has 0 heterocycles. The maximum atomic E-state index is 12.0. The van der Waals surface area contributed by atoms with Crippen LogP contribution in [0, 0.1) is 5.92 Å². The zero-order chi connectivity index (χ0) is 13.4. The van der Waals surface area contributed by atoms with E-state index in [9.17, 15) is 9.59 Å². The van der Waals surface area contributed by atoms with Crippen LogP contribution in [0.2, 0.25) is 0 Å². The van der Waals surface area contributed by atoms with Gasteiger partial charge in [-0.25, -0.2) is 0 Å². The van der Waals surface area contributed by atoms with E-state index in [0.29, 0.717) is 12.8 Å². The lowest BCUT2D eigenvalue weighted by Gasteiger charge is -2.14. The number of carbonyl (C=O) groups is 2. The van der Waals surface area contributed by atoms with Crippen molar-refractivity contribution in [3.8, 4) is 0 Å². The molecule has 0 saturated heterocycles. The van der Waals surface area contributed by atoms with E-state index in [-0.39, 0.29) is 18.2 Å². The Kier molecular flexibility index (Phi) is 5.91. The number of amides is 1. The SMILES string of the molecule is CCC(CCCC(=O)O)C(=O)Nc1ccccc1. The van der Waals surface area contributed by atoms with Gasteiger partial charge in [-0.2, -0.15) is 0 Å². The maximum Gasteiger partial charge on any atom is 0.303 e. The van der Waals surface area contributed by atoms with Gasteiger partial charge in [-0.1, -0.05) is 25.1 Å². The molecule has 4 nitrogen and oxygen atoms in total. The van der Waals surface area contributed by atoms with Crippen LogP contribution in [0.4, 0.5) is 5.69 Å². The van der Waals surface area contributed by atoms with Crippen molar-refractivity contribution >= 4 is 17.6 Å². The molecule has 1 amide bonds. The van der Waals surface area contributed by atoms with E-state index in [1.807, 2.05) is 37.3 Å². The van der Waals surface area contributed by atoms with Crippen molar-refractivity contribution in [2.24, 2.45) is 5.92 Å². The number of nitrogens with one attached hydrogen (secondary N) is 1. The minimum Gasteiger partial charge on any atom is -0.481 e. The molecule has 0 aliphatic heterocycles. The van der Waals surface area contributed by atoms with Crippen molar-refractivity contribution in [2.75, 3.05) is 5.32 Å². The Hall–Kier alpha value is -1.84. The van der Waals surface area contributed by atoms with Gasteiger partial charge in [0.15, 0.2) is 0 Å². The number of aliphatic carboxylic acids is 1. The van der Waals surface area contributed by atoms with Crippen molar-refractivity contribution in [3.63, 3.8) is 0 Å². The first-order valence-electron chi connectivity index (χ1n) is 6.21. The summed E-state index contributed by atoms with van der Waals surface area (Å²) in [4.78, 5) is 22.4. The van der Waals surface area contributed by atoms with Crippen LogP contribution < -0.4 is 5.32 Å². The van der Waals surface area contributed by atoms with Gasteiger partial charge in [-0.15, -0.1) is 0 Å². The number of hydrogen-bond donors (Lipinski definition) is 2. The molecule has 18 heavy (non-hydrogen) atoms. The molecule has 0 saturated carbocycles. The molecule has 1 aromatic rings. The number of benzene rings is 1. The summed E-state index contributed by atoms with van der Waals surface area (Å²) in [5.74, 6) is -0.966. The lowest BCUT2D eigenvalue weighted by atomic mass is 9.98. The number of carboxylic acid groups (broad SMARTS) is 1. The van der Waals surface area contributed by atoms with Crippen LogP contribution in [-0.4, -0.2) is 17.0 Å². The average molecular weight is 249 g/mol. The topological polar surface area (TPSA) is 66.4 Å². The van der Waals surface area contributed by atoms with E-state index >= 15 is 0 Å². The normalized spacial score (nSPS) is 11.8. The minimum absolute atomic E-state index is 0.0333. The highest BCUT2D eigenvalue weighted by Gasteiger charge is 2.16. The lowest BCUT2D eigenvalue weighted by molar-refractivity contribution is -0.137. The van der Waals surface area contributed by atoms with E-state index in [1.54, 1.807) is 0 Å². The molecule has 98 valence electrons. The van der Waals surface area contributed by atoms with Crippen LogP contribution in [0.1, 0.15) is 32.6 Å². The molecule has 0 spiro atoms. The van der Waals surface area contributed by atoms with E-state index in [4.69, 9.17) is 5.11 Å².